The third-order valence-electron chi connectivity index (χ3n) is 5.13. The summed E-state index contributed by atoms with van der Waals surface area (Å²) in [6.45, 7) is 7.66. The normalized spacial score (nSPS) is 13.0. The molecule has 2 aromatic rings. The summed E-state index contributed by atoms with van der Waals surface area (Å²) in [5.41, 5.74) is -0.524. The maximum absolute atomic E-state index is 13.0. The highest BCUT2D eigenvalue weighted by Crippen LogP contribution is 2.34. The van der Waals surface area contributed by atoms with Crippen molar-refractivity contribution in [2.45, 2.75) is 57.8 Å². The Morgan fingerprint density at radius 3 is 2.27 bits per heavy atom. The van der Waals surface area contributed by atoms with E-state index in [-0.39, 0.29) is 35.9 Å². The number of carbonyl (C=O) groups is 1. The molecule has 0 bridgehead atoms. The average Bonchev–Trinajstić information content (AvgIpc) is 2.75. The largest absolute Gasteiger partial charge is 0.493 e. The second-order valence-electron chi connectivity index (χ2n) is 7.93. The number of hydrogen-bond donors (Lipinski definition) is 0. The first-order valence-electron chi connectivity index (χ1n) is 10.4. The molecule has 1 atom stereocenters. The summed E-state index contributed by atoms with van der Waals surface area (Å²) >= 11 is 0. The summed E-state index contributed by atoms with van der Waals surface area (Å²) < 4.78 is 74.8. The van der Waals surface area contributed by atoms with Crippen LogP contribution >= 0.6 is 0 Å². The van der Waals surface area contributed by atoms with Crippen molar-refractivity contribution >= 4 is 16.0 Å². The number of halogens is 3. The van der Waals surface area contributed by atoms with Crippen LogP contribution in [-0.4, -0.2) is 32.4 Å². The minimum atomic E-state index is -4.70. The molecule has 0 radical (unpaired) electrons. The van der Waals surface area contributed by atoms with Crippen LogP contribution in [0, 0.1) is 5.92 Å². The fourth-order valence-corrected chi connectivity index (χ4v) is 4.06. The molecule has 1 amide bonds. The number of methoxy groups -OCH3 is 1. The van der Waals surface area contributed by atoms with Crippen LogP contribution in [0.2, 0.25) is 0 Å². The molecule has 182 valence electrons. The van der Waals surface area contributed by atoms with Gasteiger partial charge in [-0.05, 0) is 49.2 Å². The molecule has 0 N–H and O–H groups in total. The molecule has 0 spiro atoms. The van der Waals surface area contributed by atoms with Gasteiger partial charge in [0.15, 0.2) is 11.5 Å². The summed E-state index contributed by atoms with van der Waals surface area (Å²) in [7, 11) is -3.27. The van der Waals surface area contributed by atoms with Crippen molar-refractivity contribution in [1.29, 1.82) is 0 Å². The molecule has 0 aliphatic heterocycles. The Hall–Kier alpha value is -2.75. The lowest BCUT2D eigenvalue weighted by Crippen LogP contribution is -2.40. The monoisotopic (exact) mass is 487 g/mol. The number of carbonyl (C=O) groups excluding carboxylic acids is 1. The van der Waals surface area contributed by atoms with Gasteiger partial charge in [0.25, 0.3) is 0 Å². The summed E-state index contributed by atoms with van der Waals surface area (Å²) in [5, 5.41) is 0. The maximum atomic E-state index is 13.0. The summed E-state index contributed by atoms with van der Waals surface area (Å²) in [5.74, 6) is -0.387. The van der Waals surface area contributed by atoms with Gasteiger partial charge in [0.2, 0.25) is 5.91 Å². The van der Waals surface area contributed by atoms with E-state index in [1.807, 2.05) is 13.8 Å². The average molecular weight is 488 g/mol. The predicted molar refractivity (Wildman–Crippen MR) is 117 cm³/mol. The van der Waals surface area contributed by atoms with Crippen molar-refractivity contribution in [1.82, 2.24) is 4.90 Å². The van der Waals surface area contributed by atoms with E-state index in [1.165, 1.54) is 19.2 Å². The van der Waals surface area contributed by atoms with Crippen LogP contribution in [0.4, 0.5) is 13.2 Å². The fourth-order valence-electron chi connectivity index (χ4n) is 3.08. The molecule has 0 saturated heterocycles. The van der Waals surface area contributed by atoms with Gasteiger partial charge >= 0.3 is 16.3 Å². The molecule has 10 heteroatoms. The SMILES string of the molecule is CC[C@H](C)N(Cc1ccc(OC)c(OS(=O)(=O)c2cccc(C(F)(F)F)c2)c1)C(=O)C(C)C. The number of rotatable bonds is 9. The number of hydrogen-bond acceptors (Lipinski definition) is 5. The summed E-state index contributed by atoms with van der Waals surface area (Å²) in [4.78, 5) is 13.7. The third kappa shape index (κ3) is 6.63. The first-order valence-corrected chi connectivity index (χ1v) is 11.8. The maximum Gasteiger partial charge on any atom is 0.416 e. The van der Waals surface area contributed by atoms with Gasteiger partial charge < -0.3 is 13.8 Å². The predicted octanol–water partition coefficient (Wildman–Crippen LogP) is 5.26. The van der Waals surface area contributed by atoms with E-state index in [1.54, 1.807) is 24.8 Å². The number of amides is 1. The van der Waals surface area contributed by atoms with Gasteiger partial charge in [-0.25, -0.2) is 0 Å². The molecule has 2 aromatic carbocycles. The zero-order chi connectivity index (χ0) is 25.0. The summed E-state index contributed by atoms with van der Waals surface area (Å²) in [6, 6.07) is 7.81. The standard InChI is InChI=1S/C23H28F3NO5S/c1-6-16(4)27(22(28)15(2)3)14-17-10-11-20(31-5)21(12-17)32-33(29,30)19-9-7-8-18(13-19)23(24,25)26/h7-13,15-16H,6,14H2,1-5H3/t16-/m0/s1. The Balaban J connectivity index is 2.41. The number of ether oxygens (including phenoxy) is 1. The minimum absolute atomic E-state index is 0.0554. The second kappa shape index (κ2) is 10.5. The van der Waals surface area contributed by atoms with Gasteiger partial charge in [-0.3, -0.25) is 4.79 Å². The zero-order valence-electron chi connectivity index (χ0n) is 19.1. The first kappa shape index (κ1) is 26.5. The Labute approximate surface area is 192 Å². The number of nitrogens with zero attached hydrogens (tertiary/aromatic N) is 1. The van der Waals surface area contributed by atoms with Crippen molar-refractivity contribution in [2.24, 2.45) is 5.92 Å². The quantitative estimate of drug-likeness (QED) is 0.451. The highest BCUT2D eigenvalue weighted by molar-refractivity contribution is 7.87. The van der Waals surface area contributed by atoms with Gasteiger partial charge in [0.05, 0.1) is 12.7 Å². The van der Waals surface area contributed by atoms with Crippen molar-refractivity contribution < 1.29 is 35.3 Å². The van der Waals surface area contributed by atoms with E-state index in [9.17, 15) is 26.4 Å². The van der Waals surface area contributed by atoms with Crippen molar-refractivity contribution in [2.75, 3.05) is 7.11 Å². The van der Waals surface area contributed by atoms with E-state index in [4.69, 9.17) is 8.92 Å². The molecule has 0 aliphatic carbocycles. The van der Waals surface area contributed by atoms with E-state index >= 15 is 0 Å². The molecule has 0 fully saturated rings. The number of benzene rings is 2. The Kier molecular flexibility index (Phi) is 8.40. The molecule has 33 heavy (non-hydrogen) atoms. The van der Waals surface area contributed by atoms with E-state index in [0.717, 1.165) is 24.6 Å². The molecular formula is C23H28F3NO5S. The van der Waals surface area contributed by atoms with Gasteiger partial charge in [-0.1, -0.05) is 32.9 Å². The smallest absolute Gasteiger partial charge is 0.416 e. The van der Waals surface area contributed by atoms with Gasteiger partial charge in [-0.15, -0.1) is 0 Å². The van der Waals surface area contributed by atoms with Gasteiger partial charge in [-0.2, -0.15) is 21.6 Å². The molecule has 6 nitrogen and oxygen atoms in total. The Morgan fingerprint density at radius 1 is 1.06 bits per heavy atom. The van der Waals surface area contributed by atoms with Gasteiger partial charge in [0.1, 0.15) is 4.90 Å². The van der Waals surface area contributed by atoms with Crippen molar-refractivity contribution in [3.63, 3.8) is 0 Å². The van der Waals surface area contributed by atoms with Crippen LogP contribution in [0.5, 0.6) is 11.5 Å². The van der Waals surface area contributed by atoms with E-state index < -0.39 is 26.8 Å². The van der Waals surface area contributed by atoms with Crippen molar-refractivity contribution in [3.8, 4) is 11.5 Å². The molecule has 0 aliphatic rings. The number of alkyl halides is 3. The second-order valence-corrected chi connectivity index (χ2v) is 9.47. The van der Waals surface area contributed by atoms with E-state index in [0.29, 0.717) is 11.6 Å². The highest BCUT2D eigenvalue weighted by atomic mass is 32.2. The Morgan fingerprint density at radius 2 is 1.73 bits per heavy atom. The topological polar surface area (TPSA) is 72.9 Å². The highest BCUT2D eigenvalue weighted by Gasteiger charge is 2.32. The molecule has 0 heterocycles. The van der Waals surface area contributed by atoms with Crippen molar-refractivity contribution in [3.05, 3.63) is 53.6 Å². The molecule has 0 aromatic heterocycles. The van der Waals surface area contributed by atoms with Crippen LogP contribution in [-0.2, 0) is 27.6 Å². The third-order valence-corrected chi connectivity index (χ3v) is 6.36. The van der Waals surface area contributed by atoms with Crippen LogP contribution in [0.1, 0.15) is 45.2 Å². The Bertz CT molecular complexity index is 1080. The summed E-state index contributed by atoms with van der Waals surface area (Å²) in [6.07, 6.45) is -3.98. The lowest BCUT2D eigenvalue weighted by atomic mass is 10.1. The molecule has 0 unspecified atom stereocenters. The lowest BCUT2D eigenvalue weighted by Gasteiger charge is -2.30. The molecule has 0 saturated carbocycles. The fraction of sp³-hybridized carbons (Fsp3) is 0.435. The molecule has 2 rings (SSSR count). The minimum Gasteiger partial charge on any atom is -0.493 e. The van der Waals surface area contributed by atoms with Crippen LogP contribution in [0.25, 0.3) is 0 Å². The van der Waals surface area contributed by atoms with Crippen LogP contribution in [0.3, 0.4) is 0 Å². The first-order chi connectivity index (χ1) is 15.3. The zero-order valence-corrected chi connectivity index (χ0v) is 20.0. The van der Waals surface area contributed by atoms with Crippen LogP contribution in [0.15, 0.2) is 47.4 Å². The van der Waals surface area contributed by atoms with Gasteiger partial charge in [0, 0.05) is 18.5 Å². The lowest BCUT2D eigenvalue weighted by molar-refractivity contribution is -0.138. The molecular weight excluding hydrogens is 459 g/mol. The van der Waals surface area contributed by atoms with Crippen LogP contribution < -0.4 is 8.92 Å². The van der Waals surface area contributed by atoms with E-state index in [2.05, 4.69) is 0 Å².